The van der Waals surface area contributed by atoms with Crippen molar-refractivity contribution in [3.05, 3.63) is 34.3 Å². The Morgan fingerprint density at radius 1 is 1.10 bits per heavy atom. The van der Waals surface area contributed by atoms with Gasteiger partial charge in [0.15, 0.2) is 0 Å². The van der Waals surface area contributed by atoms with Crippen LogP contribution in [0.5, 0.6) is 0 Å². The SMILES string of the molecule is CC(N)C(c1ccc(Br)cc1)N1CCC2CCCCC2C1. The van der Waals surface area contributed by atoms with Gasteiger partial charge in [-0.25, -0.2) is 0 Å². The van der Waals surface area contributed by atoms with Crippen molar-refractivity contribution in [2.45, 2.75) is 51.1 Å². The summed E-state index contributed by atoms with van der Waals surface area (Å²) in [5.74, 6) is 1.89. The second kappa shape index (κ2) is 6.80. The average molecular weight is 351 g/mol. The molecule has 1 aliphatic heterocycles. The fraction of sp³-hybridized carbons (Fsp3) is 0.667. The quantitative estimate of drug-likeness (QED) is 0.877. The summed E-state index contributed by atoms with van der Waals surface area (Å²) in [5, 5.41) is 0. The lowest BCUT2D eigenvalue weighted by Crippen LogP contribution is -2.47. The van der Waals surface area contributed by atoms with E-state index in [1.165, 1.54) is 50.8 Å². The third kappa shape index (κ3) is 3.52. The average Bonchev–Trinajstić information content (AvgIpc) is 2.49. The van der Waals surface area contributed by atoms with Gasteiger partial charge in [0, 0.05) is 23.1 Å². The summed E-state index contributed by atoms with van der Waals surface area (Å²) in [6.45, 7) is 4.61. The lowest BCUT2D eigenvalue weighted by atomic mass is 9.74. The van der Waals surface area contributed by atoms with E-state index in [2.05, 4.69) is 52.0 Å². The lowest BCUT2D eigenvalue weighted by molar-refractivity contribution is 0.0494. The van der Waals surface area contributed by atoms with Gasteiger partial charge in [0.2, 0.25) is 0 Å². The molecule has 1 saturated heterocycles. The van der Waals surface area contributed by atoms with Gasteiger partial charge in [0.05, 0.1) is 0 Å². The fourth-order valence-electron chi connectivity index (χ4n) is 4.39. The van der Waals surface area contributed by atoms with Crippen LogP contribution in [0.25, 0.3) is 0 Å². The first-order valence-corrected chi connectivity index (χ1v) is 9.19. The number of hydrogen-bond donors (Lipinski definition) is 1. The largest absolute Gasteiger partial charge is 0.326 e. The summed E-state index contributed by atoms with van der Waals surface area (Å²) >= 11 is 3.53. The van der Waals surface area contributed by atoms with Gasteiger partial charge in [-0.3, -0.25) is 4.90 Å². The lowest BCUT2D eigenvalue weighted by Gasteiger charge is -2.45. The van der Waals surface area contributed by atoms with Crippen molar-refractivity contribution in [1.82, 2.24) is 4.90 Å². The van der Waals surface area contributed by atoms with Crippen molar-refractivity contribution in [2.24, 2.45) is 17.6 Å². The number of likely N-dealkylation sites (tertiary alicyclic amines) is 1. The Morgan fingerprint density at radius 3 is 2.43 bits per heavy atom. The summed E-state index contributed by atoms with van der Waals surface area (Å²) in [6, 6.07) is 9.26. The van der Waals surface area contributed by atoms with Crippen LogP contribution in [0.1, 0.15) is 50.6 Å². The molecule has 116 valence electrons. The van der Waals surface area contributed by atoms with Crippen molar-refractivity contribution >= 4 is 15.9 Å². The predicted molar refractivity (Wildman–Crippen MR) is 92.2 cm³/mol. The molecule has 0 bridgehead atoms. The van der Waals surface area contributed by atoms with Crippen molar-refractivity contribution in [1.29, 1.82) is 0 Å². The summed E-state index contributed by atoms with van der Waals surface area (Å²) in [4.78, 5) is 2.65. The van der Waals surface area contributed by atoms with E-state index in [9.17, 15) is 0 Å². The van der Waals surface area contributed by atoms with E-state index in [1.807, 2.05) is 0 Å². The topological polar surface area (TPSA) is 29.3 Å². The number of nitrogens with two attached hydrogens (primary N) is 1. The van der Waals surface area contributed by atoms with E-state index >= 15 is 0 Å². The molecular formula is C18H27BrN2. The minimum Gasteiger partial charge on any atom is -0.326 e. The molecule has 4 atom stereocenters. The second-order valence-corrected chi connectivity index (χ2v) is 7.86. The number of halogens is 1. The smallest absolute Gasteiger partial charge is 0.0496 e. The van der Waals surface area contributed by atoms with E-state index in [0.717, 1.165) is 16.3 Å². The predicted octanol–water partition coefficient (Wildman–Crippen LogP) is 4.35. The van der Waals surface area contributed by atoms with Crippen LogP contribution in [-0.4, -0.2) is 24.0 Å². The molecule has 2 fully saturated rings. The van der Waals surface area contributed by atoms with Gasteiger partial charge in [0.1, 0.15) is 0 Å². The first-order valence-electron chi connectivity index (χ1n) is 8.40. The monoisotopic (exact) mass is 350 g/mol. The van der Waals surface area contributed by atoms with Crippen molar-refractivity contribution in [3.8, 4) is 0 Å². The zero-order chi connectivity index (χ0) is 14.8. The molecule has 3 rings (SSSR count). The summed E-state index contributed by atoms with van der Waals surface area (Å²) in [7, 11) is 0. The standard InChI is InChI=1S/C18H27BrN2/c1-13(20)18(15-6-8-17(19)9-7-15)21-11-10-14-4-2-3-5-16(14)12-21/h6-9,13-14,16,18H,2-5,10-12,20H2,1H3. The molecule has 1 saturated carbocycles. The van der Waals surface area contributed by atoms with Crippen LogP contribution in [0.2, 0.25) is 0 Å². The molecule has 3 heteroatoms. The normalized spacial score (nSPS) is 29.7. The summed E-state index contributed by atoms with van der Waals surface area (Å²) in [6.07, 6.45) is 7.12. The number of fused-ring (bicyclic) bond motifs is 1. The molecule has 2 N–H and O–H groups in total. The van der Waals surface area contributed by atoms with E-state index in [-0.39, 0.29) is 6.04 Å². The van der Waals surface area contributed by atoms with Gasteiger partial charge in [-0.2, -0.15) is 0 Å². The van der Waals surface area contributed by atoms with E-state index < -0.39 is 0 Å². The number of rotatable bonds is 3. The van der Waals surface area contributed by atoms with Crippen LogP contribution in [0.3, 0.4) is 0 Å². The molecule has 0 spiro atoms. The maximum absolute atomic E-state index is 6.35. The second-order valence-electron chi connectivity index (χ2n) is 6.94. The zero-order valence-electron chi connectivity index (χ0n) is 13.0. The van der Waals surface area contributed by atoms with E-state index in [1.54, 1.807) is 0 Å². The minimum absolute atomic E-state index is 0.173. The Morgan fingerprint density at radius 2 is 1.76 bits per heavy atom. The molecule has 0 aromatic heterocycles. The Kier molecular flexibility index (Phi) is 5.03. The highest BCUT2D eigenvalue weighted by Gasteiger charge is 2.35. The summed E-state index contributed by atoms with van der Waals surface area (Å²) < 4.78 is 1.14. The van der Waals surface area contributed by atoms with Crippen molar-refractivity contribution < 1.29 is 0 Å². The molecule has 4 unspecified atom stereocenters. The van der Waals surface area contributed by atoms with Gasteiger partial charge in [0.25, 0.3) is 0 Å². The molecule has 1 aromatic rings. The maximum Gasteiger partial charge on any atom is 0.0496 e. The Bertz CT molecular complexity index is 457. The van der Waals surface area contributed by atoms with Crippen LogP contribution in [-0.2, 0) is 0 Å². The maximum atomic E-state index is 6.35. The van der Waals surface area contributed by atoms with Crippen LogP contribution in [0.15, 0.2) is 28.7 Å². The zero-order valence-corrected chi connectivity index (χ0v) is 14.6. The van der Waals surface area contributed by atoms with Crippen LogP contribution in [0.4, 0.5) is 0 Å². The van der Waals surface area contributed by atoms with Crippen LogP contribution >= 0.6 is 15.9 Å². The fourth-order valence-corrected chi connectivity index (χ4v) is 4.65. The van der Waals surface area contributed by atoms with Gasteiger partial charge < -0.3 is 5.73 Å². The third-order valence-corrected chi connectivity index (χ3v) is 5.95. The Labute approximate surface area is 137 Å². The first-order chi connectivity index (χ1) is 10.1. The summed E-state index contributed by atoms with van der Waals surface area (Å²) in [5.41, 5.74) is 7.72. The molecule has 0 amide bonds. The molecule has 1 aromatic carbocycles. The van der Waals surface area contributed by atoms with Gasteiger partial charge in [-0.15, -0.1) is 0 Å². The van der Waals surface area contributed by atoms with Crippen molar-refractivity contribution in [3.63, 3.8) is 0 Å². The number of piperidine rings is 1. The molecule has 1 aliphatic carbocycles. The Balaban J connectivity index is 1.76. The van der Waals surface area contributed by atoms with Crippen LogP contribution < -0.4 is 5.73 Å². The van der Waals surface area contributed by atoms with Gasteiger partial charge in [-0.1, -0.05) is 47.3 Å². The number of hydrogen-bond acceptors (Lipinski definition) is 2. The third-order valence-electron chi connectivity index (χ3n) is 5.43. The van der Waals surface area contributed by atoms with E-state index in [4.69, 9.17) is 5.73 Å². The molecule has 2 aliphatic rings. The highest BCUT2D eigenvalue weighted by Crippen LogP contribution is 2.39. The van der Waals surface area contributed by atoms with Gasteiger partial charge >= 0.3 is 0 Å². The molecule has 1 heterocycles. The van der Waals surface area contributed by atoms with Gasteiger partial charge in [-0.05, 0) is 55.8 Å². The first kappa shape index (κ1) is 15.5. The molecule has 21 heavy (non-hydrogen) atoms. The number of nitrogens with zero attached hydrogens (tertiary/aromatic N) is 1. The highest BCUT2D eigenvalue weighted by molar-refractivity contribution is 9.10. The molecule has 0 radical (unpaired) electrons. The van der Waals surface area contributed by atoms with E-state index in [0.29, 0.717) is 6.04 Å². The van der Waals surface area contributed by atoms with Crippen molar-refractivity contribution in [2.75, 3.05) is 13.1 Å². The highest BCUT2D eigenvalue weighted by atomic mass is 79.9. The minimum atomic E-state index is 0.173. The Hall–Kier alpha value is -0.380. The molecule has 2 nitrogen and oxygen atoms in total. The number of benzene rings is 1. The van der Waals surface area contributed by atoms with Crippen LogP contribution in [0, 0.1) is 11.8 Å². The molecular weight excluding hydrogens is 324 g/mol.